The molecule has 1 unspecified atom stereocenters. The molecule has 0 radical (unpaired) electrons. The highest BCUT2D eigenvalue weighted by molar-refractivity contribution is 5.87. The number of rotatable bonds is 3. The van der Waals surface area contributed by atoms with Crippen LogP contribution < -0.4 is 5.32 Å². The molecule has 1 aromatic carbocycles. The van der Waals surface area contributed by atoms with Crippen LogP contribution in [0.25, 0.3) is 0 Å². The van der Waals surface area contributed by atoms with E-state index in [4.69, 9.17) is 5.11 Å². The van der Waals surface area contributed by atoms with Crippen molar-refractivity contribution in [2.75, 3.05) is 0 Å². The molecule has 2 aliphatic carbocycles. The summed E-state index contributed by atoms with van der Waals surface area (Å²) >= 11 is 0. The van der Waals surface area contributed by atoms with Gasteiger partial charge in [0.2, 0.25) is 5.91 Å². The van der Waals surface area contributed by atoms with E-state index in [1.54, 1.807) is 0 Å². The molecule has 2 N–H and O–H groups in total. The van der Waals surface area contributed by atoms with Gasteiger partial charge in [0.05, 0.1) is 11.8 Å². The Hall–Kier alpha value is -1.84. The SMILES string of the molecule is O=C(O)C1CCC(NC(=O)C2Cc3ccccc32)CC1. The molecule has 1 saturated carbocycles. The van der Waals surface area contributed by atoms with E-state index in [1.807, 2.05) is 18.2 Å². The van der Waals surface area contributed by atoms with Crippen LogP contribution in [-0.2, 0) is 16.0 Å². The van der Waals surface area contributed by atoms with Crippen LogP contribution in [0.4, 0.5) is 0 Å². The van der Waals surface area contributed by atoms with Crippen molar-refractivity contribution in [1.82, 2.24) is 5.32 Å². The lowest BCUT2D eigenvalue weighted by Gasteiger charge is -2.32. The lowest BCUT2D eigenvalue weighted by molar-refractivity contribution is -0.142. The van der Waals surface area contributed by atoms with E-state index in [1.165, 1.54) is 5.56 Å². The average molecular weight is 273 g/mol. The summed E-state index contributed by atoms with van der Waals surface area (Å²) in [5, 5.41) is 12.1. The Morgan fingerprint density at radius 3 is 2.45 bits per heavy atom. The van der Waals surface area contributed by atoms with E-state index in [9.17, 15) is 9.59 Å². The number of carbonyl (C=O) groups is 2. The Morgan fingerprint density at radius 2 is 1.80 bits per heavy atom. The van der Waals surface area contributed by atoms with E-state index < -0.39 is 5.97 Å². The fourth-order valence-corrected chi connectivity index (χ4v) is 3.28. The Balaban J connectivity index is 1.53. The van der Waals surface area contributed by atoms with Gasteiger partial charge in [-0.05, 0) is 43.2 Å². The van der Waals surface area contributed by atoms with Crippen molar-refractivity contribution in [2.24, 2.45) is 5.92 Å². The zero-order valence-corrected chi connectivity index (χ0v) is 11.3. The second kappa shape index (κ2) is 5.27. The molecule has 1 aromatic rings. The fraction of sp³-hybridized carbons (Fsp3) is 0.500. The molecule has 4 nitrogen and oxygen atoms in total. The zero-order valence-electron chi connectivity index (χ0n) is 11.3. The Labute approximate surface area is 118 Å². The van der Waals surface area contributed by atoms with Crippen molar-refractivity contribution in [3.05, 3.63) is 35.4 Å². The van der Waals surface area contributed by atoms with Crippen LogP contribution in [0, 0.1) is 5.92 Å². The maximum absolute atomic E-state index is 12.2. The smallest absolute Gasteiger partial charge is 0.306 e. The van der Waals surface area contributed by atoms with Crippen LogP contribution in [0.15, 0.2) is 24.3 Å². The molecule has 20 heavy (non-hydrogen) atoms. The molecule has 1 atom stereocenters. The third-order valence-corrected chi connectivity index (χ3v) is 4.59. The normalized spacial score (nSPS) is 28.1. The van der Waals surface area contributed by atoms with Gasteiger partial charge in [-0.1, -0.05) is 24.3 Å². The second-order valence-electron chi connectivity index (χ2n) is 5.85. The van der Waals surface area contributed by atoms with Crippen molar-refractivity contribution in [3.63, 3.8) is 0 Å². The molecule has 3 rings (SSSR count). The lowest BCUT2D eigenvalue weighted by Crippen LogP contribution is -2.43. The molecular weight excluding hydrogens is 254 g/mol. The Bertz CT molecular complexity index is 532. The number of aliphatic carboxylic acids is 1. The molecule has 1 amide bonds. The maximum Gasteiger partial charge on any atom is 0.306 e. The standard InChI is InChI=1S/C16H19NO3/c18-15(14-9-11-3-1-2-4-13(11)14)17-12-7-5-10(6-8-12)16(19)20/h1-4,10,12,14H,5-9H2,(H,17,18)(H,19,20). The third-order valence-electron chi connectivity index (χ3n) is 4.59. The minimum absolute atomic E-state index is 0.0107. The average Bonchev–Trinajstić information content (AvgIpc) is 2.41. The van der Waals surface area contributed by atoms with Crippen LogP contribution in [0.2, 0.25) is 0 Å². The molecule has 0 aromatic heterocycles. The van der Waals surface area contributed by atoms with Crippen LogP contribution in [0.3, 0.4) is 0 Å². The van der Waals surface area contributed by atoms with Gasteiger partial charge in [0.15, 0.2) is 0 Å². The third kappa shape index (κ3) is 2.42. The predicted molar refractivity (Wildman–Crippen MR) is 74.4 cm³/mol. The van der Waals surface area contributed by atoms with Gasteiger partial charge in [-0.2, -0.15) is 0 Å². The molecule has 2 aliphatic rings. The van der Waals surface area contributed by atoms with E-state index in [2.05, 4.69) is 11.4 Å². The van der Waals surface area contributed by atoms with Gasteiger partial charge in [0, 0.05) is 6.04 Å². The summed E-state index contributed by atoms with van der Waals surface area (Å²) in [6, 6.07) is 8.20. The monoisotopic (exact) mass is 273 g/mol. The number of nitrogens with one attached hydrogen (secondary N) is 1. The summed E-state index contributed by atoms with van der Waals surface area (Å²) in [6.45, 7) is 0. The number of amides is 1. The molecule has 106 valence electrons. The molecule has 0 aliphatic heterocycles. The first-order chi connectivity index (χ1) is 9.65. The largest absolute Gasteiger partial charge is 0.481 e. The molecule has 0 bridgehead atoms. The molecule has 0 heterocycles. The topological polar surface area (TPSA) is 66.4 Å². The van der Waals surface area contributed by atoms with Crippen LogP contribution in [-0.4, -0.2) is 23.0 Å². The van der Waals surface area contributed by atoms with E-state index in [0.717, 1.165) is 24.8 Å². The lowest BCUT2D eigenvalue weighted by atomic mass is 9.76. The maximum atomic E-state index is 12.2. The van der Waals surface area contributed by atoms with E-state index >= 15 is 0 Å². The van der Waals surface area contributed by atoms with Gasteiger partial charge in [0.25, 0.3) is 0 Å². The van der Waals surface area contributed by atoms with E-state index in [-0.39, 0.29) is 23.8 Å². The van der Waals surface area contributed by atoms with Gasteiger partial charge >= 0.3 is 5.97 Å². The number of carboxylic acid groups (broad SMARTS) is 1. The molecule has 4 heteroatoms. The summed E-state index contributed by atoms with van der Waals surface area (Å²) in [7, 11) is 0. The van der Waals surface area contributed by atoms with Gasteiger partial charge in [0.1, 0.15) is 0 Å². The van der Waals surface area contributed by atoms with Crippen molar-refractivity contribution in [1.29, 1.82) is 0 Å². The molecule has 0 saturated heterocycles. The highest BCUT2D eigenvalue weighted by Gasteiger charge is 2.34. The Morgan fingerprint density at radius 1 is 1.10 bits per heavy atom. The second-order valence-corrected chi connectivity index (χ2v) is 5.85. The van der Waals surface area contributed by atoms with Crippen LogP contribution in [0.5, 0.6) is 0 Å². The first-order valence-corrected chi connectivity index (χ1v) is 7.26. The van der Waals surface area contributed by atoms with Crippen LogP contribution in [0.1, 0.15) is 42.7 Å². The first kappa shape index (κ1) is 13.2. The van der Waals surface area contributed by atoms with Gasteiger partial charge in [-0.3, -0.25) is 9.59 Å². The van der Waals surface area contributed by atoms with Gasteiger partial charge in [-0.25, -0.2) is 0 Å². The van der Waals surface area contributed by atoms with E-state index in [0.29, 0.717) is 12.8 Å². The summed E-state index contributed by atoms with van der Waals surface area (Å²) in [4.78, 5) is 23.1. The number of carbonyl (C=O) groups excluding carboxylic acids is 1. The first-order valence-electron chi connectivity index (χ1n) is 7.26. The fourth-order valence-electron chi connectivity index (χ4n) is 3.28. The summed E-state index contributed by atoms with van der Waals surface area (Å²) in [6.07, 6.45) is 3.71. The number of carboxylic acids is 1. The van der Waals surface area contributed by atoms with Crippen molar-refractivity contribution >= 4 is 11.9 Å². The van der Waals surface area contributed by atoms with Gasteiger partial charge in [-0.15, -0.1) is 0 Å². The summed E-state index contributed by atoms with van der Waals surface area (Å²) in [5.74, 6) is -0.846. The van der Waals surface area contributed by atoms with Crippen molar-refractivity contribution < 1.29 is 14.7 Å². The Kier molecular flexibility index (Phi) is 3.47. The van der Waals surface area contributed by atoms with Crippen LogP contribution >= 0.6 is 0 Å². The highest BCUT2D eigenvalue weighted by atomic mass is 16.4. The summed E-state index contributed by atoms with van der Waals surface area (Å²) < 4.78 is 0. The highest BCUT2D eigenvalue weighted by Crippen LogP contribution is 2.35. The molecule has 1 fully saturated rings. The van der Waals surface area contributed by atoms with Gasteiger partial charge < -0.3 is 10.4 Å². The number of hydrogen-bond acceptors (Lipinski definition) is 2. The zero-order chi connectivity index (χ0) is 14.1. The predicted octanol–water partition coefficient (Wildman–Crippen LogP) is 2.09. The molecular formula is C16H19NO3. The minimum Gasteiger partial charge on any atom is -0.481 e. The number of benzene rings is 1. The van der Waals surface area contributed by atoms with Crippen molar-refractivity contribution in [2.45, 2.75) is 44.1 Å². The quantitative estimate of drug-likeness (QED) is 0.886. The minimum atomic E-state index is -0.706. The summed E-state index contributed by atoms with van der Waals surface area (Å²) in [5.41, 5.74) is 2.41. The number of fused-ring (bicyclic) bond motifs is 1. The number of hydrogen-bond donors (Lipinski definition) is 2. The van der Waals surface area contributed by atoms with Crippen molar-refractivity contribution in [3.8, 4) is 0 Å². The molecule has 0 spiro atoms.